The Bertz CT molecular complexity index is 2190. The smallest absolute Gasteiger partial charge is 0.390 e. The molecule has 0 amide bonds. The highest BCUT2D eigenvalue weighted by Crippen LogP contribution is 2.62. The van der Waals surface area contributed by atoms with Crippen molar-refractivity contribution in [2.45, 2.75) is 158 Å². The van der Waals surface area contributed by atoms with Crippen LogP contribution in [0, 0.1) is 94.7 Å². The van der Waals surface area contributed by atoms with Gasteiger partial charge in [0, 0.05) is 19.8 Å². The molecule has 0 aliphatic heterocycles. The maximum atomic E-state index is 14.3. The molecule has 6 saturated carbocycles. The van der Waals surface area contributed by atoms with Crippen LogP contribution < -0.4 is 0 Å². The van der Waals surface area contributed by atoms with Gasteiger partial charge in [0.1, 0.15) is 19.8 Å². The minimum atomic E-state index is -5.74. The van der Waals surface area contributed by atoms with E-state index in [2.05, 4.69) is 0 Å². The highest BCUT2D eigenvalue weighted by molar-refractivity contribution is 7.87. The molecule has 6 bridgehead atoms. The molecule has 6 aliphatic rings. The molecule has 0 spiro atoms. The molecular formula is C47H78F6O15S3. The van der Waals surface area contributed by atoms with E-state index in [0.29, 0.717) is 83.5 Å². The van der Waals surface area contributed by atoms with Crippen LogP contribution in [-0.2, 0) is 44.6 Å². The first kappa shape index (κ1) is 59.3. The number of ether oxygens (including phenoxy) is 3. The van der Waals surface area contributed by atoms with Crippen molar-refractivity contribution < 1.29 is 94.8 Å². The predicted molar refractivity (Wildman–Crippen MR) is 247 cm³/mol. The standard InChI is InChI=1S/C47H78F6O15S3/c1-26(46(55)28(3)9-31-13-32(17-37(46)16-31)20-66-23-43(48,49)69(57,58)59)7-8-38-35-11-29(4)47(56,41(38)19-34(14-35)22-68-25-45(52,53)71(63,64)65)30(5)12-39-36-10-27(2)42(6,54)40(39)18-33(15-36)21-67-24-44(50,51)70(60,61)62/h26-41,54-56H,7-25H2,1-6H3,(H,57,58,59)(H,60,61,62)(H,63,64,65). The van der Waals surface area contributed by atoms with Gasteiger partial charge in [0.2, 0.25) is 0 Å². The molecule has 416 valence electrons. The highest BCUT2D eigenvalue weighted by Gasteiger charge is 2.61. The van der Waals surface area contributed by atoms with Gasteiger partial charge in [-0.2, -0.15) is 51.6 Å². The number of rotatable bonds is 22. The van der Waals surface area contributed by atoms with E-state index < -0.39 is 94.6 Å². The first-order valence-electron chi connectivity index (χ1n) is 25.3. The maximum Gasteiger partial charge on any atom is 0.392 e. The van der Waals surface area contributed by atoms with Gasteiger partial charge in [-0.25, -0.2) is 0 Å². The van der Waals surface area contributed by atoms with Crippen LogP contribution in [0.5, 0.6) is 0 Å². The van der Waals surface area contributed by atoms with Gasteiger partial charge in [0.05, 0.1) is 16.8 Å². The SMILES string of the molecule is CC1CC2CC(COCC(F)(F)S(=O)(=O)O)CC(C2CC(C)C2(O)C(C)CC3CC(COCC(F)(F)S(=O)(=O)O)CC2C3CCC(C)C2(O)C(C)CC3CC(COCC(F)(F)S(=O)(=O)O)CC2C3)C1(C)O. The van der Waals surface area contributed by atoms with Crippen LogP contribution in [0.4, 0.5) is 26.3 Å². The van der Waals surface area contributed by atoms with Gasteiger partial charge in [-0.15, -0.1) is 0 Å². The van der Waals surface area contributed by atoms with Crippen LogP contribution in [0.1, 0.15) is 125 Å². The Balaban J connectivity index is 1.21. The summed E-state index contributed by atoms with van der Waals surface area (Å²) >= 11 is 0. The molecule has 6 fully saturated rings. The van der Waals surface area contributed by atoms with Crippen LogP contribution in [0.3, 0.4) is 0 Å². The Morgan fingerprint density at radius 3 is 1.44 bits per heavy atom. The average Bonchev–Trinajstić information content (AvgIpc) is 3.22. The molecule has 0 aromatic heterocycles. The van der Waals surface area contributed by atoms with Crippen molar-refractivity contribution in [2.24, 2.45) is 94.7 Å². The normalized spacial score (nSPS) is 41.3. The van der Waals surface area contributed by atoms with Crippen LogP contribution >= 0.6 is 0 Å². The Hall–Kier alpha value is -0.930. The molecule has 6 aliphatic carbocycles. The van der Waals surface area contributed by atoms with Gasteiger partial charge >= 0.3 is 46.1 Å². The third kappa shape index (κ3) is 12.1. The third-order valence-electron chi connectivity index (χ3n) is 19.3. The summed E-state index contributed by atoms with van der Waals surface area (Å²) in [5, 5.41) is 24.7. The molecule has 15 nitrogen and oxygen atoms in total. The Morgan fingerprint density at radius 1 is 0.535 bits per heavy atom. The summed E-state index contributed by atoms with van der Waals surface area (Å²) in [6.07, 6.45) is 6.97. The summed E-state index contributed by atoms with van der Waals surface area (Å²) in [6.45, 7) is 6.41. The lowest BCUT2D eigenvalue weighted by molar-refractivity contribution is -0.207. The third-order valence-corrected chi connectivity index (χ3v) is 21.9. The molecule has 71 heavy (non-hydrogen) atoms. The molecule has 0 saturated heterocycles. The second-order valence-corrected chi connectivity index (χ2v) is 28.4. The summed E-state index contributed by atoms with van der Waals surface area (Å²) in [6, 6.07) is 0. The second-order valence-electron chi connectivity index (χ2n) is 23.8. The lowest BCUT2D eigenvalue weighted by atomic mass is 9.47. The number of fused-ring (bicyclic) bond motifs is 6. The molecule has 0 aromatic rings. The van der Waals surface area contributed by atoms with Crippen molar-refractivity contribution in [3.63, 3.8) is 0 Å². The minimum absolute atomic E-state index is 0.0209. The second kappa shape index (κ2) is 21.1. The van der Waals surface area contributed by atoms with E-state index in [1.165, 1.54) is 0 Å². The van der Waals surface area contributed by atoms with Crippen LogP contribution in [0.2, 0.25) is 0 Å². The lowest BCUT2D eigenvalue weighted by Crippen LogP contribution is -2.61. The molecule has 6 rings (SSSR count). The Morgan fingerprint density at radius 2 is 0.958 bits per heavy atom. The van der Waals surface area contributed by atoms with E-state index in [0.717, 1.165) is 0 Å². The maximum absolute atomic E-state index is 14.3. The highest BCUT2D eigenvalue weighted by atomic mass is 32.2. The molecular weight excluding hydrogens is 1010 g/mol. The fourth-order valence-electron chi connectivity index (χ4n) is 15.6. The molecule has 0 heterocycles. The van der Waals surface area contributed by atoms with Gasteiger partial charge in [-0.1, -0.05) is 34.6 Å². The zero-order valence-electron chi connectivity index (χ0n) is 41.5. The van der Waals surface area contributed by atoms with E-state index >= 15 is 0 Å². The minimum Gasteiger partial charge on any atom is -0.390 e. The summed E-state index contributed by atoms with van der Waals surface area (Å²) in [4.78, 5) is 0. The summed E-state index contributed by atoms with van der Waals surface area (Å²) in [5.41, 5.74) is -3.71. The van der Waals surface area contributed by atoms with Crippen molar-refractivity contribution in [3.8, 4) is 0 Å². The van der Waals surface area contributed by atoms with Crippen molar-refractivity contribution in [1.29, 1.82) is 0 Å². The van der Waals surface area contributed by atoms with E-state index in [-0.39, 0.29) is 103 Å². The van der Waals surface area contributed by atoms with Crippen molar-refractivity contribution in [1.82, 2.24) is 0 Å². The molecule has 19 atom stereocenters. The molecule has 6 N–H and O–H groups in total. The van der Waals surface area contributed by atoms with Gasteiger partial charge in [-0.3, -0.25) is 13.7 Å². The Labute approximate surface area is 415 Å². The van der Waals surface area contributed by atoms with Gasteiger partial charge in [0.25, 0.3) is 0 Å². The number of halogens is 6. The summed E-state index contributed by atoms with van der Waals surface area (Å²) in [7, 11) is -17.1. The van der Waals surface area contributed by atoms with E-state index in [4.69, 9.17) is 27.9 Å². The summed E-state index contributed by atoms with van der Waals surface area (Å²) < 4.78 is 195. The van der Waals surface area contributed by atoms with Gasteiger partial charge < -0.3 is 29.5 Å². The fraction of sp³-hybridized carbons (Fsp3) is 1.00. The van der Waals surface area contributed by atoms with E-state index in [1.54, 1.807) is 6.92 Å². The number of aliphatic hydroxyl groups is 3. The van der Waals surface area contributed by atoms with Crippen molar-refractivity contribution in [3.05, 3.63) is 0 Å². The van der Waals surface area contributed by atoms with Gasteiger partial charge in [0.15, 0.2) is 0 Å². The van der Waals surface area contributed by atoms with Crippen LogP contribution in [0.15, 0.2) is 0 Å². The van der Waals surface area contributed by atoms with Crippen molar-refractivity contribution in [2.75, 3.05) is 39.6 Å². The zero-order valence-corrected chi connectivity index (χ0v) is 44.0. The number of hydrogen-bond donors (Lipinski definition) is 6. The molecule has 24 heteroatoms. The molecule has 0 aromatic carbocycles. The fourth-order valence-corrected chi connectivity index (χ4v) is 16.3. The topological polar surface area (TPSA) is 251 Å². The van der Waals surface area contributed by atoms with Crippen molar-refractivity contribution >= 4 is 30.4 Å². The largest absolute Gasteiger partial charge is 0.392 e. The number of alkyl halides is 6. The Kier molecular flexibility index (Phi) is 17.7. The quantitative estimate of drug-likeness (QED) is 0.0447. The summed E-state index contributed by atoms with van der Waals surface area (Å²) in [5.74, 6) is -3.20. The van der Waals surface area contributed by atoms with E-state index in [9.17, 15) is 66.9 Å². The van der Waals surface area contributed by atoms with Gasteiger partial charge in [-0.05, 0) is 185 Å². The zero-order chi connectivity index (χ0) is 53.3. The first-order chi connectivity index (χ1) is 32.4. The molecule has 19 unspecified atom stereocenters. The molecule has 0 radical (unpaired) electrons. The lowest BCUT2D eigenvalue weighted by Gasteiger charge is -2.61. The number of hydrogen-bond acceptors (Lipinski definition) is 12. The monoisotopic (exact) mass is 1090 g/mol. The van der Waals surface area contributed by atoms with Crippen LogP contribution in [-0.4, -0.2) is 126 Å². The van der Waals surface area contributed by atoms with E-state index in [1.807, 2.05) is 34.6 Å². The average molecular weight is 1090 g/mol. The van der Waals surface area contributed by atoms with Crippen LogP contribution in [0.25, 0.3) is 0 Å². The predicted octanol–water partition coefficient (Wildman–Crippen LogP) is 7.80. The first-order valence-corrected chi connectivity index (χ1v) is 29.6.